The molecule has 3 aromatic rings. The maximum atomic E-state index is 12.7. The molecule has 1 aliphatic rings. The molecule has 0 bridgehead atoms. The number of anilines is 1. The Hall–Kier alpha value is -3.54. The predicted octanol–water partition coefficient (Wildman–Crippen LogP) is 3.71. The quantitative estimate of drug-likeness (QED) is 0.646. The van der Waals surface area contributed by atoms with E-state index in [1.54, 1.807) is 7.11 Å². The number of carbonyl (C=O) groups is 2. The second kappa shape index (κ2) is 10.2. The van der Waals surface area contributed by atoms with Gasteiger partial charge in [-0.1, -0.05) is 30.3 Å². The van der Waals surface area contributed by atoms with E-state index in [9.17, 15) is 9.59 Å². The fourth-order valence-electron chi connectivity index (χ4n) is 4.09. The average molecular weight is 432 g/mol. The molecule has 1 aliphatic heterocycles. The highest BCUT2D eigenvalue weighted by molar-refractivity contribution is 5.98. The summed E-state index contributed by atoms with van der Waals surface area (Å²) in [4.78, 5) is 29.4. The van der Waals surface area contributed by atoms with Crippen molar-refractivity contribution in [3.8, 4) is 5.75 Å². The van der Waals surface area contributed by atoms with Crippen molar-refractivity contribution in [3.05, 3.63) is 72.3 Å². The molecule has 3 aromatic carbocycles. The number of nitrogens with one attached hydrogen (secondary N) is 1. The number of nitrogens with zero attached hydrogens (tertiary/aromatic N) is 2. The SMILES string of the molecule is COc1ccc(N2CCCN(C(=O)CCNC(=O)c3ccc4ccccc4c3)CC2)cc1. The Morgan fingerprint density at radius 2 is 1.69 bits per heavy atom. The molecule has 1 heterocycles. The van der Waals surface area contributed by atoms with Crippen LogP contribution in [0.15, 0.2) is 66.7 Å². The lowest BCUT2D eigenvalue weighted by molar-refractivity contribution is -0.130. The number of hydrogen-bond donors (Lipinski definition) is 1. The van der Waals surface area contributed by atoms with Gasteiger partial charge in [0.2, 0.25) is 5.91 Å². The van der Waals surface area contributed by atoms with Crippen LogP contribution in [-0.2, 0) is 4.79 Å². The Labute approximate surface area is 188 Å². The van der Waals surface area contributed by atoms with Gasteiger partial charge in [-0.15, -0.1) is 0 Å². The third-order valence-electron chi connectivity index (χ3n) is 5.92. The van der Waals surface area contributed by atoms with Crippen molar-refractivity contribution in [3.63, 3.8) is 0 Å². The molecular formula is C26H29N3O3. The number of carbonyl (C=O) groups excluding carboxylic acids is 2. The summed E-state index contributed by atoms with van der Waals surface area (Å²) in [5.41, 5.74) is 1.75. The largest absolute Gasteiger partial charge is 0.497 e. The second-order valence-corrected chi connectivity index (χ2v) is 7.99. The molecule has 1 fully saturated rings. The number of methoxy groups -OCH3 is 1. The summed E-state index contributed by atoms with van der Waals surface area (Å²) in [7, 11) is 1.66. The van der Waals surface area contributed by atoms with Gasteiger partial charge >= 0.3 is 0 Å². The zero-order valence-electron chi connectivity index (χ0n) is 18.4. The van der Waals surface area contributed by atoms with E-state index < -0.39 is 0 Å². The molecule has 0 aromatic heterocycles. The van der Waals surface area contributed by atoms with Crippen molar-refractivity contribution < 1.29 is 14.3 Å². The maximum Gasteiger partial charge on any atom is 0.251 e. The lowest BCUT2D eigenvalue weighted by Gasteiger charge is -2.24. The standard InChI is InChI=1S/C26H29N3O3/c1-32-24-11-9-23(10-12-24)28-15-4-16-29(18-17-28)25(30)13-14-27-26(31)22-8-7-20-5-2-3-6-21(20)19-22/h2-3,5-12,19H,4,13-18H2,1H3,(H,27,31). The molecule has 4 rings (SSSR count). The van der Waals surface area contributed by atoms with E-state index >= 15 is 0 Å². The molecule has 6 heteroatoms. The van der Waals surface area contributed by atoms with E-state index in [-0.39, 0.29) is 11.8 Å². The summed E-state index contributed by atoms with van der Waals surface area (Å²) in [6.45, 7) is 3.47. The monoisotopic (exact) mass is 431 g/mol. The topological polar surface area (TPSA) is 61.9 Å². The second-order valence-electron chi connectivity index (χ2n) is 7.99. The van der Waals surface area contributed by atoms with E-state index in [1.807, 2.05) is 59.5 Å². The van der Waals surface area contributed by atoms with Crippen LogP contribution in [0.25, 0.3) is 10.8 Å². The highest BCUT2D eigenvalue weighted by Gasteiger charge is 2.19. The summed E-state index contributed by atoms with van der Waals surface area (Å²) in [6.07, 6.45) is 1.23. The molecule has 32 heavy (non-hydrogen) atoms. The third-order valence-corrected chi connectivity index (χ3v) is 5.92. The van der Waals surface area contributed by atoms with Crippen LogP contribution in [0.3, 0.4) is 0 Å². The number of benzene rings is 3. The molecule has 1 N–H and O–H groups in total. The number of hydrogen-bond acceptors (Lipinski definition) is 4. The van der Waals surface area contributed by atoms with Gasteiger partial charge in [0.1, 0.15) is 5.75 Å². The van der Waals surface area contributed by atoms with Gasteiger partial charge in [-0.25, -0.2) is 0 Å². The van der Waals surface area contributed by atoms with Crippen LogP contribution in [0, 0.1) is 0 Å². The molecule has 0 unspecified atom stereocenters. The van der Waals surface area contributed by atoms with E-state index in [0.29, 0.717) is 25.1 Å². The van der Waals surface area contributed by atoms with Crippen LogP contribution in [0.4, 0.5) is 5.69 Å². The van der Waals surface area contributed by atoms with Gasteiger partial charge in [0, 0.05) is 50.4 Å². The number of rotatable bonds is 6. The van der Waals surface area contributed by atoms with Gasteiger partial charge in [0.15, 0.2) is 0 Å². The number of ether oxygens (including phenoxy) is 1. The first-order chi connectivity index (χ1) is 15.6. The minimum absolute atomic E-state index is 0.0837. The predicted molar refractivity (Wildman–Crippen MR) is 127 cm³/mol. The summed E-state index contributed by atoms with van der Waals surface area (Å²) in [5.74, 6) is 0.775. The molecular weight excluding hydrogens is 402 g/mol. The average Bonchev–Trinajstić information content (AvgIpc) is 3.10. The molecule has 1 saturated heterocycles. The Bertz CT molecular complexity index is 1080. The molecule has 0 aliphatic carbocycles. The number of fused-ring (bicyclic) bond motifs is 1. The minimum Gasteiger partial charge on any atom is -0.497 e. The highest BCUT2D eigenvalue weighted by Crippen LogP contribution is 2.21. The maximum absolute atomic E-state index is 12.7. The fraction of sp³-hybridized carbons (Fsp3) is 0.308. The van der Waals surface area contributed by atoms with Crippen molar-refractivity contribution in [1.29, 1.82) is 0 Å². The Morgan fingerprint density at radius 3 is 2.47 bits per heavy atom. The van der Waals surface area contributed by atoms with E-state index in [4.69, 9.17) is 4.74 Å². The summed E-state index contributed by atoms with van der Waals surface area (Å²) in [5, 5.41) is 5.02. The first-order valence-corrected chi connectivity index (χ1v) is 11.1. The van der Waals surface area contributed by atoms with Crippen molar-refractivity contribution in [1.82, 2.24) is 10.2 Å². The molecule has 0 radical (unpaired) electrons. The highest BCUT2D eigenvalue weighted by atomic mass is 16.5. The first kappa shape index (κ1) is 21.7. The van der Waals surface area contributed by atoms with Gasteiger partial charge in [-0.3, -0.25) is 9.59 Å². The zero-order chi connectivity index (χ0) is 22.3. The fourth-order valence-corrected chi connectivity index (χ4v) is 4.09. The summed E-state index contributed by atoms with van der Waals surface area (Å²) >= 11 is 0. The van der Waals surface area contributed by atoms with Crippen LogP contribution in [-0.4, -0.2) is 56.5 Å². The van der Waals surface area contributed by atoms with Crippen molar-refractivity contribution in [2.45, 2.75) is 12.8 Å². The molecule has 6 nitrogen and oxygen atoms in total. The third kappa shape index (κ3) is 5.19. The minimum atomic E-state index is -0.148. The zero-order valence-corrected chi connectivity index (χ0v) is 18.4. The molecule has 2 amide bonds. The lowest BCUT2D eigenvalue weighted by Crippen LogP contribution is -2.37. The van der Waals surface area contributed by atoms with Gasteiger partial charge in [0.05, 0.1) is 7.11 Å². The molecule has 0 saturated carbocycles. The van der Waals surface area contributed by atoms with Gasteiger partial charge in [-0.05, 0) is 53.6 Å². The van der Waals surface area contributed by atoms with E-state index in [2.05, 4.69) is 22.3 Å². The van der Waals surface area contributed by atoms with Crippen LogP contribution >= 0.6 is 0 Å². The number of amides is 2. The summed E-state index contributed by atoms with van der Waals surface area (Å²) < 4.78 is 5.23. The van der Waals surface area contributed by atoms with Crippen molar-refractivity contribution in [2.24, 2.45) is 0 Å². The lowest BCUT2D eigenvalue weighted by atomic mass is 10.1. The van der Waals surface area contributed by atoms with Crippen molar-refractivity contribution in [2.75, 3.05) is 44.7 Å². The van der Waals surface area contributed by atoms with Crippen LogP contribution < -0.4 is 15.0 Å². The van der Waals surface area contributed by atoms with E-state index in [1.165, 1.54) is 0 Å². The van der Waals surface area contributed by atoms with Crippen LogP contribution in [0.1, 0.15) is 23.2 Å². The molecule has 0 atom stereocenters. The first-order valence-electron chi connectivity index (χ1n) is 11.1. The van der Waals surface area contributed by atoms with Crippen LogP contribution in [0.5, 0.6) is 5.75 Å². The normalized spacial score (nSPS) is 14.2. The van der Waals surface area contributed by atoms with Crippen LogP contribution in [0.2, 0.25) is 0 Å². The Morgan fingerprint density at radius 1 is 0.906 bits per heavy atom. The van der Waals surface area contributed by atoms with Gasteiger partial charge in [0.25, 0.3) is 5.91 Å². The summed E-state index contributed by atoms with van der Waals surface area (Å²) in [6, 6.07) is 21.6. The van der Waals surface area contributed by atoms with Crippen molar-refractivity contribution >= 4 is 28.3 Å². The smallest absolute Gasteiger partial charge is 0.251 e. The van der Waals surface area contributed by atoms with Gasteiger partial charge < -0.3 is 19.9 Å². The van der Waals surface area contributed by atoms with Gasteiger partial charge in [-0.2, -0.15) is 0 Å². The molecule has 0 spiro atoms. The van der Waals surface area contributed by atoms with E-state index in [0.717, 1.165) is 48.3 Å². The Kier molecular flexibility index (Phi) is 6.90. The molecule has 166 valence electrons. The Balaban J connectivity index is 1.25.